The van der Waals surface area contributed by atoms with E-state index in [0.717, 1.165) is 10.7 Å². The summed E-state index contributed by atoms with van der Waals surface area (Å²) in [7, 11) is 0. The molecule has 0 aliphatic heterocycles. The maximum Gasteiger partial charge on any atom is 0.138 e. The third-order valence-electron chi connectivity index (χ3n) is 1.39. The van der Waals surface area contributed by atoms with Gasteiger partial charge in [0.1, 0.15) is 5.01 Å². The third kappa shape index (κ3) is 3.80. The van der Waals surface area contributed by atoms with Gasteiger partial charge in [0.2, 0.25) is 0 Å². The summed E-state index contributed by atoms with van der Waals surface area (Å²) in [4.78, 5) is 5.52. The van der Waals surface area contributed by atoms with E-state index in [9.17, 15) is 0 Å². The molecule has 0 aliphatic carbocycles. The van der Waals surface area contributed by atoms with Crippen LogP contribution in [-0.4, -0.2) is 15.4 Å². The Morgan fingerprint density at radius 2 is 2.14 bits per heavy atom. The third-order valence-corrected chi connectivity index (χ3v) is 3.32. The number of hydrogen-bond acceptors (Lipinski definition) is 4. The Bertz CT molecular complexity index is 334. The predicted octanol–water partition coefficient (Wildman–Crippen LogP) is 3.71. The molecule has 0 aromatic carbocycles. The largest absolute Gasteiger partial charge is 0.243 e. The Labute approximate surface area is 94.0 Å². The van der Waals surface area contributed by atoms with Crippen LogP contribution < -0.4 is 0 Å². The quantitative estimate of drug-likeness (QED) is 0.569. The van der Waals surface area contributed by atoms with E-state index in [1.54, 1.807) is 23.3 Å². The molecule has 78 valence electrons. The van der Waals surface area contributed by atoms with Gasteiger partial charge in [-0.05, 0) is 46.6 Å². The molecule has 0 aliphatic rings. The monoisotopic (exact) mass is 228 g/mol. The standard InChI is InChI=1S/C10H16N2S2/c1-7-6-11-9(13-7)8(2)12-14-10(3,4)5/h6H,1-5H3/b12-8+. The number of thiazole rings is 1. The summed E-state index contributed by atoms with van der Waals surface area (Å²) in [6.45, 7) is 10.5. The summed E-state index contributed by atoms with van der Waals surface area (Å²) in [5.74, 6) is 0. The van der Waals surface area contributed by atoms with Crippen molar-refractivity contribution in [3.05, 3.63) is 16.1 Å². The summed E-state index contributed by atoms with van der Waals surface area (Å²) in [5.41, 5.74) is 1.02. The SMILES string of the molecule is C/C(=N\SC(C)(C)C)c1ncc(C)s1. The number of aryl methyl sites for hydroxylation is 1. The fourth-order valence-corrected chi connectivity index (χ4v) is 2.03. The van der Waals surface area contributed by atoms with Crippen LogP contribution in [0.4, 0.5) is 0 Å². The molecule has 0 spiro atoms. The predicted molar refractivity (Wildman–Crippen MR) is 66.4 cm³/mol. The van der Waals surface area contributed by atoms with Crippen LogP contribution in [0.5, 0.6) is 0 Å². The van der Waals surface area contributed by atoms with Gasteiger partial charge in [0, 0.05) is 15.8 Å². The van der Waals surface area contributed by atoms with Crippen LogP contribution >= 0.6 is 23.3 Å². The van der Waals surface area contributed by atoms with Gasteiger partial charge in [0.25, 0.3) is 0 Å². The van der Waals surface area contributed by atoms with E-state index in [1.165, 1.54) is 4.88 Å². The first-order valence-corrected chi connectivity index (χ1v) is 6.13. The fraction of sp³-hybridized carbons (Fsp3) is 0.600. The van der Waals surface area contributed by atoms with Crippen molar-refractivity contribution in [2.45, 2.75) is 39.4 Å². The van der Waals surface area contributed by atoms with Gasteiger partial charge in [-0.1, -0.05) is 0 Å². The highest BCUT2D eigenvalue weighted by molar-refractivity contribution is 7.99. The molecule has 0 bridgehead atoms. The summed E-state index contributed by atoms with van der Waals surface area (Å²) in [6.07, 6.45) is 1.89. The molecule has 1 aromatic heterocycles. The lowest BCUT2D eigenvalue weighted by atomic mass is 10.3. The Morgan fingerprint density at radius 3 is 2.57 bits per heavy atom. The number of rotatable bonds is 2. The molecule has 2 nitrogen and oxygen atoms in total. The van der Waals surface area contributed by atoms with E-state index in [2.05, 4.69) is 37.1 Å². The molecule has 0 fully saturated rings. The van der Waals surface area contributed by atoms with E-state index >= 15 is 0 Å². The zero-order chi connectivity index (χ0) is 10.8. The zero-order valence-electron chi connectivity index (χ0n) is 9.29. The molecule has 0 radical (unpaired) electrons. The highest BCUT2D eigenvalue weighted by atomic mass is 32.2. The van der Waals surface area contributed by atoms with Crippen LogP contribution in [-0.2, 0) is 0 Å². The van der Waals surface area contributed by atoms with Crippen molar-refractivity contribution in [1.82, 2.24) is 4.98 Å². The second-order valence-electron chi connectivity index (χ2n) is 4.16. The summed E-state index contributed by atoms with van der Waals surface area (Å²) in [5, 5.41) is 1.03. The first-order valence-electron chi connectivity index (χ1n) is 4.54. The van der Waals surface area contributed by atoms with Gasteiger partial charge in [0.05, 0.1) is 5.71 Å². The van der Waals surface area contributed by atoms with Crippen LogP contribution in [0, 0.1) is 6.92 Å². The van der Waals surface area contributed by atoms with Gasteiger partial charge in [0.15, 0.2) is 0 Å². The van der Waals surface area contributed by atoms with Crippen molar-refractivity contribution >= 4 is 29.0 Å². The minimum Gasteiger partial charge on any atom is -0.243 e. The summed E-state index contributed by atoms with van der Waals surface area (Å²) < 4.78 is 4.63. The van der Waals surface area contributed by atoms with Crippen molar-refractivity contribution in [3.8, 4) is 0 Å². The van der Waals surface area contributed by atoms with Crippen molar-refractivity contribution in [3.63, 3.8) is 0 Å². The van der Waals surface area contributed by atoms with E-state index in [-0.39, 0.29) is 4.75 Å². The average molecular weight is 228 g/mol. The number of nitrogens with zero attached hydrogens (tertiary/aromatic N) is 2. The van der Waals surface area contributed by atoms with Crippen LogP contribution in [0.15, 0.2) is 10.6 Å². The van der Waals surface area contributed by atoms with Crippen LogP contribution in [0.2, 0.25) is 0 Å². The Morgan fingerprint density at radius 1 is 1.50 bits per heavy atom. The van der Waals surface area contributed by atoms with Crippen LogP contribution in [0.25, 0.3) is 0 Å². The van der Waals surface area contributed by atoms with Gasteiger partial charge in [-0.3, -0.25) is 0 Å². The minimum atomic E-state index is 0.174. The molecule has 0 saturated carbocycles. The Hall–Kier alpha value is -0.350. The molecule has 0 saturated heterocycles. The number of hydrogen-bond donors (Lipinski definition) is 0. The molecule has 0 atom stereocenters. The van der Waals surface area contributed by atoms with Crippen molar-refractivity contribution in [1.29, 1.82) is 0 Å². The fourth-order valence-electron chi connectivity index (χ4n) is 0.766. The lowest BCUT2D eigenvalue weighted by Crippen LogP contribution is -2.06. The molecule has 1 heterocycles. The zero-order valence-corrected chi connectivity index (χ0v) is 10.9. The molecule has 1 rings (SSSR count). The molecule has 0 unspecified atom stereocenters. The van der Waals surface area contributed by atoms with Crippen molar-refractivity contribution in [2.75, 3.05) is 0 Å². The second kappa shape index (κ2) is 4.45. The maximum absolute atomic E-state index is 4.46. The molecule has 14 heavy (non-hydrogen) atoms. The lowest BCUT2D eigenvalue weighted by Gasteiger charge is -2.12. The van der Waals surface area contributed by atoms with Gasteiger partial charge in [-0.25, -0.2) is 9.38 Å². The Balaban J connectivity index is 2.70. The minimum absolute atomic E-state index is 0.174. The van der Waals surface area contributed by atoms with Gasteiger partial charge in [-0.15, -0.1) is 11.3 Å². The van der Waals surface area contributed by atoms with Gasteiger partial charge in [-0.2, -0.15) is 0 Å². The first-order chi connectivity index (χ1) is 6.38. The van der Waals surface area contributed by atoms with Gasteiger partial charge < -0.3 is 0 Å². The lowest BCUT2D eigenvalue weighted by molar-refractivity contribution is 0.804. The molecule has 0 amide bonds. The number of aromatic nitrogens is 1. The van der Waals surface area contributed by atoms with E-state index < -0.39 is 0 Å². The highest BCUT2D eigenvalue weighted by Crippen LogP contribution is 2.25. The van der Waals surface area contributed by atoms with E-state index in [0.29, 0.717) is 0 Å². The molecule has 1 aromatic rings. The van der Waals surface area contributed by atoms with E-state index in [1.807, 2.05) is 13.1 Å². The smallest absolute Gasteiger partial charge is 0.138 e. The summed E-state index contributed by atoms with van der Waals surface area (Å²) >= 11 is 3.29. The van der Waals surface area contributed by atoms with Crippen LogP contribution in [0.3, 0.4) is 0 Å². The molecule has 0 N–H and O–H groups in total. The van der Waals surface area contributed by atoms with Crippen molar-refractivity contribution in [2.24, 2.45) is 4.40 Å². The molecular weight excluding hydrogens is 212 g/mol. The molecular formula is C10H16N2S2. The maximum atomic E-state index is 4.46. The average Bonchev–Trinajstić information content (AvgIpc) is 2.46. The molecule has 4 heteroatoms. The topological polar surface area (TPSA) is 25.2 Å². The first kappa shape index (κ1) is 11.7. The Kier molecular flexibility index (Phi) is 3.72. The van der Waals surface area contributed by atoms with E-state index in [4.69, 9.17) is 0 Å². The second-order valence-corrected chi connectivity index (χ2v) is 6.98. The highest BCUT2D eigenvalue weighted by Gasteiger charge is 2.11. The summed E-state index contributed by atoms with van der Waals surface area (Å²) in [6, 6.07) is 0. The van der Waals surface area contributed by atoms with Crippen LogP contribution in [0.1, 0.15) is 37.6 Å². The normalized spacial score (nSPS) is 13.4. The van der Waals surface area contributed by atoms with Crippen molar-refractivity contribution < 1.29 is 0 Å². The van der Waals surface area contributed by atoms with Gasteiger partial charge >= 0.3 is 0 Å².